The summed E-state index contributed by atoms with van der Waals surface area (Å²) >= 11 is 3.71. The normalized spacial score (nSPS) is 11.4. The van der Waals surface area contributed by atoms with Crippen molar-refractivity contribution < 1.29 is 4.42 Å². The van der Waals surface area contributed by atoms with Gasteiger partial charge in [0, 0.05) is 85.5 Å². The Labute approximate surface area is 868 Å². The molecule has 148 heavy (non-hydrogen) atoms. The van der Waals surface area contributed by atoms with Gasteiger partial charge in [0.05, 0.1) is 16.8 Å². The molecule has 696 valence electrons. The lowest BCUT2D eigenvalue weighted by molar-refractivity contribution is 0.669. The van der Waals surface area contributed by atoms with Crippen molar-refractivity contribution in [3.8, 4) is 100 Å². The Kier molecular flexibility index (Phi) is 23.8. The number of benzene rings is 25. The van der Waals surface area contributed by atoms with E-state index >= 15 is 0 Å². The molecule has 4 nitrogen and oxygen atoms in total. The first-order valence-corrected chi connectivity index (χ1v) is 52.1. The first kappa shape index (κ1) is 89.3. The predicted molar refractivity (Wildman–Crippen MR) is 635 cm³/mol. The van der Waals surface area contributed by atoms with Crippen LogP contribution in [0, 0.1) is 0 Å². The lowest BCUT2D eigenvalue weighted by Crippen LogP contribution is -2.10. The van der Waals surface area contributed by atoms with Crippen molar-refractivity contribution in [3.63, 3.8) is 0 Å². The lowest BCUT2D eigenvalue weighted by atomic mass is 9.95. The average molecular weight is 1920 g/mol. The topological polar surface area (TPSA) is 22.9 Å². The SMILES string of the molecule is c1ccc(-c2ccc(N(c3ccc(-c4ccc5cccc(-c6ccccc6)c5c4)cc3)c3cccc4oc5ccccc5c34)cc2)cc1.c1ccc(-c2ccc(N(c3ccc(-c4ccc5cccc(-c6ccccc6)c5c4)cc3)c3cccc4sc5ccccc5c34)cc2)cc1.c1ccc(-c2cccc3ccc(-c4ccc(N(c5ccc(-c6cccc7ccccc67)cc5)c5ccc6c(c5)sc5ccccc56)cc4)cc23)cc1. The van der Waals surface area contributed by atoms with Gasteiger partial charge in [0.25, 0.3) is 0 Å². The third-order valence-corrected chi connectivity index (χ3v) is 31.1. The van der Waals surface area contributed by atoms with E-state index in [1.54, 1.807) is 0 Å². The maximum Gasteiger partial charge on any atom is 0.137 e. The number of anilines is 9. The van der Waals surface area contributed by atoms with Gasteiger partial charge in [-0.15, -0.1) is 22.7 Å². The molecule has 0 N–H and O–H groups in total. The zero-order chi connectivity index (χ0) is 98.2. The van der Waals surface area contributed by atoms with E-state index in [1.165, 1.54) is 189 Å². The fourth-order valence-electron chi connectivity index (χ4n) is 21.5. The van der Waals surface area contributed by atoms with Gasteiger partial charge in [-0.25, -0.2) is 0 Å². The molecule has 0 saturated heterocycles. The maximum absolute atomic E-state index is 6.32. The van der Waals surface area contributed by atoms with Crippen LogP contribution in [-0.4, -0.2) is 0 Å². The minimum atomic E-state index is 0.876. The molecule has 0 aliphatic carbocycles. The van der Waals surface area contributed by atoms with Crippen LogP contribution in [0.5, 0.6) is 0 Å². The molecule has 0 atom stereocenters. The van der Waals surface area contributed by atoms with Gasteiger partial charge >= 0.3 is 0 Å². The second-order valence-corrected chi connectivity index (χ2v) is 39.8. The fourth-order valence-corrected chi connectivity index (χ4v) is 23.8. The van der Waals surface area contributed by atoms with Crippen molar-refractivity contribution in [2.45, 2.75) is 0 Å². The van der Waals surface area contributed by atoms with E-state index in [2.05, 4.69) is 579 Å². The van der Waals surface area contributed by atoms with E-state index in [9.17, 15) is 0 Å². The Bertz CT molecular complexity index is 9370. The van der Waals surface area contributed by atoms with E-state index in [4.69, 9.17) is 4.42 Å². The number of hydrogen-bond donors (Lipinski definition) is 0. The van der Waals surface area contributed by atoms with Crippen molar-refractivity contribution >= 4 is 179 Å². The van der Waals surface area contributed by atoms with E-state index in [-0.39, 0.29) is 0 Å². The van der Waals surface area contributed by atoms with Crippen molar-refractivity contribution in [1.29, 1.82) is 0 Å². The summed E-state index contributed by atoms with van der Waals surface area (Å²) in [5, 5.41) is 17.4. The summed E-state index contributed by atoms with van der Waals surface area (Å²) in [4.78, 5) is 7.14. The fraction of sp³-hybridized carbons (Fsp3) is 0. The molecule has 0 aliphatic heterocycles. The molecule has 0 spiro atoms. The van der Waals surface area contributed by atoms with Crippen LogP contribution in [-0.2, 0) is 0 Å². The summed E-state index contributed by atoms with van der Waals surface area (Å²) in [6.07, 6.45) is 0. The van der Waals surface area contributed by atoms with Crippen molar-refractivity contribution in [2.24, 2.45) is 0 Å². The highest BCUT2D eigenvalue weighted by Gasteiger charge is 2.25. The molecule has 28 aromatic rings. The van der Waals surface area contributed by atoms with Gasteiger partial charge in [-0.05, 0) is 289 Å². The highest BCUT2D eigenvalue weighted by atomic mass is 32.1. The van der Waals surface area contributed by atoms with Crippen LogP contribution in [0.25, 0.3) is 206 Å². The summed E-state index contributed by atoms with van der Waals surface area (Å²) in [6.45, 7) is 0. The van der Waals surface area contributed by atoms with E-state index in [1.807, 2.05) is 34.8 Å². The molecule has 0 aliphatic rings. The second-order valence-electron chi connectivity index (χ2n) is 37.6. The molecule has 0 unspecified atom stereocenters. The maximum atomic E-state index is 6.32. The molecule has 0 bridgehead atoms. The van der Waals surface area contributed by atoms with Gasteiger partial charge < -0.3 is 19.1 Å². The second kappa shape index (κ2) is 39.5. The minimum absolute atomic E-state index is 0.876. The average Bonchev–Trinajstić information content (AvgIpc) is 1.57. The van der Waals surface area contributed by atoms with E-state index in [0.29, 0.717) is 0 Å². The number of thiophene rings is 2. The van der Waals surface area contributed by atoms with Crippen molar-refractivity contribution in [1.82, 2.24) is 0 Å². The number of para-hydroxylation sites is 1. The third kappa shape index (κ3) is 17.4. The first-order chi connectivity index (χ1) is 73.4. The molecule has 0 radical (unpaired) electrons. The molecule has 0 saturated carbocycles. The first-order valence-electron chi connectivity index (χ1n) is 50.4. The Morgan fingerprint density at radius 1 is 0.135 bits per heavy atom. The zero-order valence-electron chi connectivity index (χ0n) is 80.9. The van der Waals surface area contributed by atoms with Gasteiger partial charge in [0.15, 0.2) is 0 Å². The quantitative estimate of drug-likeness (QED) is 0.0854. The van der Waals surface area contributed by atoms with E-state index < -0.39 is 0 Å². The van der Waals surface area contributed by atoms with Crippen LogP contribution in [0.3, 0.4) is 0 Å². The molecule has 25 aromatic carbocycles. The number of furan rings is 1. The largest absolute Gasteiger partial charge is 0.456 e. The van der Waals surface area contributed by atoms with Crippen molar-refractivity contribution in [3.05, 3.63) is 576 Å². The van der Waals surface area contributed by atoms with Crippen molar-refractivity contribution in [2.75, 3.05) is 14.7 Å². The Morgan fingerprint density at radius 2 is 0.405 bits per heavy atom. The molecule has 6 heteroatoms. The van der Waals surface area contributed by atoms with Gasteiger partial charge in [0.1, 0.15) is 11.2 Å². The number of hydrogen-bond acceptors (Lipinski definition) is 6. The Morgan fingerprint density at radius 3 is 0.851 bits per heavy atom. The highest BCUT2D eigenvalue weighted by molar-refractivity contribution is 7.26. The molecule has 3 heterocycles. The van der Waals surface area contributed by atoms with Gasteiger partial charge in [0.2, 0.25) is 0 Å². The standard InChI is InChI=1S/C50H33NS.C46H31NO.C46H31NS/c1-2-10-35(11-3-1)45-18-9-14-37-20-21-39(32-48(37)45)34-22-26-40(27-23-34)51(42-30-31-47-46-16-6-7-19-49(46)52-50(47)33-42)41-28-24-38(25-29-41)44-17-8-13-36-12-4-5-15-43(36)44;2*1-3-11-32(12-4-1)33-23-27-38(28-24-33)47(43-18-10-20-45-46(43)41-16-7-8-19-44(41)48-45)39-29-25-34(26-30-39)37-22-21-36-15-9-17-40(42(36)31-37)35-13-5-2-6-14-35/h1-33H;2*1-31H. The summed E-state index contributed by atoms with van der Waals surface area (Å²) in [5.41, 5.74) is 33.7. The summed E-state index contributed by atoms with van der Waals surface area (Å²) in [5.74, 6) is 0. The molecule has 28 rings (SSSR count). The molecular weight excluding hydrogens is 1830 g/mol. The van der Waals surface area contributed by atoms with E-state index in [0.717, 1.165) is 67.4 Å². The molecular formula is C142H95N3OS2. The van der Waals surface area contributed by atoms with Crippen LogP contribution >= 0.6 is 22.7 Å². The number of fused-ring (bicyclic) bond motifs is 13. The van der Waals surface area contributed by atoms with Crippen LogP contribution in [0.2, 0.25) is 0 Å². The van der Waals surface area contributed by atoms with Crippen LogP contribution in [0.4, 0.5) is 51.2 Å². The molecule has 3 aromatic heterocycles. The summed E-state index contributed by atoms with van der Waals surface area (Å²) < 4.78 is 11.5. The Hall–Kier alpha value is -18.8. The Balaban J connectivity index is 0.000000112. The monoisotopic (exact) mass is 1920 g/mol. The highest BCUT2D eigenvalue weighted by Crippen LogP contribution is 2.51. The van der Waals surface area contributed by atoms with Crippen LogP contribution < -0.4 is 14.7 Å². The van der Waals surface area contributed by atoms with Crippen LogP contribution in [0.1, 0.15) is 0 Å². The number of rotatable bonds is 18. The molecule has 0 fully saturated rings. The predicted octanol–water partition coefficient (Wildman–Crippen LogP) is 41.7. The van der Waals surface area contributed by atoms with Gasteiger partial charge in [-0.2, -0.15) is 0 Å². The number of nitrogens with zero attached hydrogens (tertiary/aromatic N) is 3. The molecule has 0 amide bonds. The lowest BCUT2D eigenvalue weighted by Gasteiger charge is -2.27. The smallest absolute Gasteiger partial charge is 0.137 e. The summed E-state index contributed by atoms with van der Waals surface area (Å²) in [7, 11) is 0. The third-order valence-electron chi connectivity index (χ3n) is 28.8. The van der Waals surface area contributed by atoms with Crippen LogP contribution in [0.15, 0.2) is 581 Å². The minimum Gasteiger partial charge on any atom is -0.456 e. The zero-order valence-corrected chi connectivity index (χ0v) is 82.5. The van der Waals surface area contributed by atoms with Gasteiger partial charge in [-0.3, -0.25) is 0 Å². The summed E-state index contributed by atoms with van der Waals surface area (Å²) in [6, 6.07) is 208. The van der Waals surface area contributed by atoms with Gasteiger partial charge in [-0.1, -0.05) is 431 Å².